The van der Waals surface area contributed by atoms with Crippen molar-refractivity contribution in [3.63, 3.8) is 0 Å². The number of rotatable bonds is 2. The summed E-state index contributed by atoms with van der Waals surface area (Å²) in [5.41, 5.74) is 2.09. The van der Waals surface area contributed by atoms with Crippen LogP contribution in [0, 0.1) is 50.7 Å². The van der Waals surface area contributed by atoms with Crippen LogP contribution in [0.15, 0.2) is 11.6 Å². The van der Waals surface area contributed by atoms with E-state index >= 15 is 0 Å². The van der Waals surface area contributed by atoms with Gasteiger partial charge in [0, 0.05) is 17.8 Å². The van der Waals surface area contributed by atoms with Crippen molar-refractivity contribution < 1.29 is 19.7 Å². The third-order valence-electron chi connectivity index (χ3n) is 13.2. The van der Waals surface area contributed by atoms with Crippen LogP contribution in [0.25, 0.3) is 0 Å². The lowest BCUT2D eigenvalue weighted by molar-refractivity contribution is -0.166. The highest BCUT2D eigenvalue weighted by Gasteiger charge is 2.82. The monoisotopic (exact) mass is 470 g/mol. The molecule has 0 aromatic carbocycles. The highest BCUT2D eigenvalue weighted by molar-refractivity contribution is 5.86. The minimum absolute atomic E-state index is 0.107. The molecule has 1 saturated heterocycles. The number of allylic oxidation sites excluding steroid dienone is 1. The summed E-state index contributed by atoms with van der Waals surface area (Å²) in [6.07, 6.45) is 10.4. The third-order valence-corrected chi connectivity index (χ3v) is 13.2. The molecule has 6 fully saturated rings. The topological polar surface area (TPSA) is 66.8 Å². The van der Waals surface area contributed by atoms with Crippen molar-refractivity contribution >= 4 is 5.78 Å². The van der Waals surface area contributed by atoms with Crippen LogP contribution in [-0.4, -0.2) is 34.5 Å². The predicted molar refractivity (Wildman–Crippen MR) is 132 cm³/mol. The molecule has 1 aliphatic heterocycles. The summed E-state index contributed by atoms with van der Waals surface area (Å²) in [6, 6.07) is 0. The number of fused-ring (bicyclic) bond motifs is 2. The minimum Gasteiger partial charge on any atom is -0.390 e. The van der Waals surface area contributed by atoms with Gasteiger partial charge >= 0.3 is 0 Å². The second-order valence-electron chi connectivity index (χ2n) is 14.6. The maximum atomic E-state index is 12.9. The molecule has 6 aliphatic rings. The van der Waals surface area contributed by atoms with E-state index in [-0.39, 0.29) is 28.1 Å². The first kappa shape index (κ1) is 23.7. The van der Waals surface area contributed by atoms with Crippen molar-refractivity contribution in [2.45, 2.75) is 118 Å². The van der Waals surface area contributed by atoms with Gasteiger partial charge in [0.25, 0.3) is 0 Å². The van der Waals surface area contributed by atoms with E-state index < -0.39 is 18.5 Å². The van der Waals surface area contributed by atoms with E-state index in [0.717, 1.165) is 24.8 Å². The maximum absolute atomic E-state index is 12.9. The molecule has 11 atom stereocenters. The minimum atomic E-state index is -0.885. The zero-order chi connectivity index (χ0) is 24.5. The average molecular weight is 471 g/mol. The molecule has 0 radical (unpaired) electrons. The summed E-state index contributed by atoms with van der Waals surface area (Å²) in [5.74, 6) is 1.82. The summed E-state index contributed by atoms with van der Waals surface area (Å²) in [7, 11) is 0. The number of hydrogen-bond donors (Lipinski definition) is 2. The fourth-order valence-electron chi connectivity index (χ4n) is 11.5. The molecular weight excluding hydrogens is 424 g/mol. The fraction of sp³-hybridized carbons (Fsp3) is 0.900. The lowest BCUT2D eigenvalue weighted by Crippen LogP contribution is -2.57. The van der Waals surface area contributed by atoms with Gasteiger partial charge in [-0.25, -0.2) is 0 Å². The lowest BCUT2D eigenvalue weighted by atomic mass is 9.42. The molecule has 0 amide bonds. The molecular formula is C30H46O4. The van der Waals surface area contributed by atoms with Gasteiger partial charge < -0.3 is 14.9 Å². The van der Waals surface area contributed by atoms with Crippen molar-refractivity contribution in [3.05, 3.63) is 11.6 Å². The van der Waals surface area contributed by atoms with Gasteiger partial charge in [-0.2, -0.15) is 0 Å². The standard InChI is InChI=1S/C30H46O4/c1-17(2)15-19-24(32)23(25(33)34-19)18-9-11-28(6)21-8-7-20-26(3,4)22(31)10-12-29(20)16-30(21,29)14-13-27(18,28)5/h15,18-21,23-25,32-33H,7-14,16H2,1-6H3/t18-,19+,20-,21+,23+,24-,25+,27-,28+,29-,30+/m1/s1. The van der Waals surface area contributed by atoms with Gasteiger partial charge in [0.15, 0.2) is 6.29 Å². The van der Waals surface area contributed by atoms with E-state index in [9.17, 15) is 15.0 Å². The first-order valence-electron chi connectivity index (χ1n) is 14.0. The quantitative estimate of drug-likeness (QED) is 0.512. The van der Waals surface area contributed by atoms with Crippen molar-refractivity contribution in [2.24, 2.45) is 50.7 Å². The Bertz CT molecular complexity index is 934. The van der Waals surface area contributed by atoms with E-state index in [2.05, 4.69) is 27.7 Å². The summed E-state index contributed by atoms with van der Waals surface area (Å²) in [6.45, 7) is 13.6. The molecule has 1 heterocycles. The Morgan fingerprint density at radius 2 is 1.59 bits per heavy atom. The van der Waals surface area contributed by atoms with Crippen molar-refractivity contribution in [2.75, 3.05) is 0 Å². The molecule has 0 bridgehead atoms. The van der Waals surface area contributed by atoms with Crippen LogP contribution < -0.4 is 0 Å². The summed E-state index contributed by atoms with van der Waals surface area (Å²) in [4.78, 5) is 12.9. The molecule has 0 aromatic rings. The normalized spacial score (nSPS) is 57.3. The largest absolute Gasteiger partial charge is 0.390 e. The van der Waals surface area contributed by atoms with Gasteiger partial charge in [0.05, 0.1) is 6.10 Å². The predicted octanol–water partition coefficient (Wildman–Crippen LogP) is 5.66. The Labute approximate surface area is 205 Å². The number of ketones is 1. The SMILES string of the molecule is CC(C)=C[C@@H]1O[C@H](O)[C@@H]([C@H]2CC[C@@]3(C)[C@@H]4CC[C@@H]5C(C)(C)C(=O)CC[C@@]56C[C@@]46CC[C@]23C)[C@@H]1O. The Balaban J connectivity index is 1.32. The Kier molecular flexibility index (Phi) is 4.86. The number of hydrogen-bond acceptors (Lipinski definition) is 4. The van der Waals surface area contributed by atoms with Crippen LogP contribution >= 0.6 is 0 Å². The molecule has 6 rings (SSSR count). The van der Waals surface area contributed by atoms with Crippen LogP contribution in [0.1, 0.15) is 99.3 Å². The van der Waals surface area contributed by atoms with E-state index in [1.54, 1.807) is 0 Å². The van der Waals surface area contributed by atoms with Gasteiger partial charge in [-0.3, -0.25) is 4.79 Å². The van der Waals surface area contributed by atoms with Gasteiger partial charge in [-0.05, 0) is 105 Å². The molecule has 190 valence electrons. The van der Waals surface area contributed by atoms with E-state index in [1.165, 1.54) is 38.5 Å². The molecule has 34 heavy (non-hydrogen) atoms. The number of Topliss-reactive ketones (excluding diaryl/α,β-unsaturated/α-hetero) is 1. The van der Waals surface area contributed by atoms with Crippen LogP contribution in [0.3, 0.4) is 0 Å². The lowest BCUT2D eigenvalue weighted by Gasteiger charge is -2.62. The molecule has 5 saturated carbocycles. The second-order valence-corrected chi connectivity index (χ2v) is 14.6. The molecule has 4 nitrogen and oxygen atoms in total. The van der Waals surface area contributed by atoms with Gasteiger partial charge in [0.1, 0.15) is 11.9 Å². The summed E-state index contributed by atoms with van der Waals surface area (Å²) >= 11 is 0. The van der Waals surface area contributed by atoms with Gasteiger partial charge in [-0.15, -0.1) is 0 Å². The van der Waals surface area contributed by atoms with Gasteiger partial charge in [-0.1, -0.05) is 39.3 Å². The number of ether oxygens (including phenoxy) is 1. The van der Waals surface area contributed by atoms with Crippen LogP contribution in [-0.2, 0) is 9.53 Å². The Morgan fingerprint density at radius 1 is 0.912 bits per heavy atom. The number of aliphatic hydroxyl groups is 2. The summed E-state index contributed by atoms with van der Waals surface area (Å²) < 4.78 is 5.90. The van der Waals surface area contributed by atoms with Crippen LogP contribution in [0.5, 0.6) is 0 Å². The zero-order valence-electron chi connectivity index (χ0n) is 22.2. The number of carbonyl (C=O) groups is 1. The third kappa shape index (κ3) is 2.59. The summed E-state index contributed by atoms with van der Waals surface area (Å²) in [5, 5.41) is 22.3. The maximum Gasteiger partial charge on any atom is 0.161 e. The molecule has 2 N–H and O–H groups in total. The molecule has 5 aliphatic carbocycles. The van der Waals surface area contributed by atoms with Crippen LogP contribution in [0.4, 0.5) is 0 Å². The Morgan fingerprint density at radius 3 is 2.29 bits per heavy atom. The fourth-order valence-corrected chi connectivity index (χ4v) is 11.5. The smallest absolute Gasteiger partial charge is 0.161 e. The zero-order valence-corrected chi connectivity index (χ0v) is 22.2. The first-order valence-corrected chi connectivity index (χ1v) is 14.0. The van der Waals surface area contributed by atoms with Crippen molar-refractivity contribution in [1.29, 1.82) is 0 Å². The van der Waals surface area contributed by atoms with E-state index in [0.29, 0.717) is 28.4 Å². The second kappa shape index (κ2) is 6.98. The van der Waals surface area contributed by atoms with E-state index in [4.69, 9.17) is 4.74 Å². The number of carbonyl (C=O) groups excluding carboxylic acids is 1. The average Bonchev–Trinajstić information content (AvgIpc) is 3.25. The highest BCUT2D eigenvalue weighted by atomic mass is 16.6. The molecule has 0 unspecified atom stereocenters. The first-order chi connectivity index (χ1) is 15.8. The van der Waals surface area contributed by atoms with Crippen molar-refractivity contribution in [3.8, 4) is 0 Å². The number of aliphatic hydroxyl groups excluding tert-OH is 2. The molecule has 0 aromatic heterocycles. The van der Waals surface area contributed by atoms with Crippen LogP contribution in [0.2, 0.25) is 0 Å². The molecule has 2 spiro atoms. The molecule has 4 heteroatoms. The van der Waals surface area contributed by atoms with Crippen molar-refractivity contribution in [1.82, 2.24) is 0 Å². The Hall–Kier alpha value is -0.710. The highest BCUT2D eigenvalue weighted by Crippen LogP contribution is 2.88. The van der Waals surface area contributed by atoms with Gasteiger partial charge in [0.2, 0.25) is 0 Å². The van der Waals surface area contributed by atoms with E-state index in [1.807, 2.05) is 19.9 Å².